The maximum absolute atomic E-state index is 12.7. The van der Waals surface area contributed by atoms with E-state index in [1.54, 1.807) is 24.0 Å². The Hall–Kier alpha value is -2.82. The van der Waals surface area contributed by atoms with Crippen molar-refractivity contribution in [2.24, 2.45) is 0 Å². The highest BCUT2D eigenvalue weighted by Gasteiger charge is 2.27. The third-order valence-corrected chi connectivity index (χ3v) is 5.17. The zero-order valence-corrected chi connectivity index (χ0v) is 14.1. The molecule has 0 aromatic heterocycles. The summed E-state index contributed by atoms with van der Waals surface area (Å²) in [6, 6.07) is 10.9. The van der Waals surface area contributed by atoms with E-state index in [0.717, 1.165) is 41.6 Å². The number of phenolic OH excluding ortho intramolecular Hbond substituents is 1. The predicted octanol–water partition coefficient (Wildman–Crippen LogP) is 2.72. The number of anilines is 1. The van der Waals surface area contributed by atoms with Crippen molar-refractivity contribution in [1.29, 1.82) is 0 Å². The number of hydrogen-bond donors (Lipinski definition) is 2. The lowest BCUT2D eigenvalue weighted by molar-refractivity contribution is -0.116. The molecular weight excluding hydrogens is 316 g/mol. The second-order valence-corrected chi connectivity index (χ2v) is 6.67. The number of carbonyl (C=O) groups excluding carboxylic acids is 2. The number of nitrogens with zero attached hydrogens (tertiary/aromatic N) is 1. The van der Waals surface area contributed by atoms with E-state index in [4.69, 9.17) is 0 Å². The van der Waals surface area contributed by atoms with Crippen LogP contribution in [0.3, 0.4) is 0 Å². The maximum Gasteiger partial charge on any atom is 0.251 e. The van der Waals surface area contributed by atoms with Crippen LogP contribution in [0, 0.1) is 0 Å². The number of rotatable bonds is 2. The van der Waals surface area contributed by atoms with Crippen molar-refractivity contribution >= 4 is 17.5 Å². The zero-order valence-electron chi connectivity index (χ0n) is 14.1. The van der Waals surface area contributed by atoms with Crippen molar-refractivity contribution in [3.8, 4) is 5.75 Å². The molecule has 0 radical (unpaired) electrons. The lowest BCUT2D eigenvalue weighted by Gasteiger charge is -2.16. The van der Waals surface area contributed by atoms with Gasteiger partial charge in [0.25, 0.3) is 5.91 Å². The van der Waals surface area contributed by atoms with Gasteiger partial charge < -0.3 is 15.3 Å². The Morgan fingerprint density at radius 1 is 1.20 bits per heavy atom. The Bertz CT molecular complexity index is 875. The Morgan fingerprint density at radius 3 is 2.84 bits per heavy atom. The van der Waals surface area contributed by atoms with E-state index >= 15 is 0 Å². The molecule has 1 heterocycles. The molecule has 0 unspecified atom stereocenters. The van der Waals surface area contributed by atoms with Gasteiger partial charge in [-0.25, -0.2) is 0 Å². The van der Waals surface area contributed by atoms with Crippen molar-refractivity contribution < 1.29 is 14.7 Å². The van der Waals surface area contributed by atoms with Crippen LogP contribution in [-0.4, -0.2) is 23.5 Å². The van der Waals surface area contributed by atoms with Gasteiger partial charge in [0.2, 0.25) is 5.91 Å². The summed E-state index contributed by atoms with van der Waals surface area (Å²) >= 11 is 0. The fourth-order valence-electron chi connectivity index (χ4n) is 3.90. The molecule has 4 rings (SSSR count). The molecule has 1 aliphatic carbocycles. The van der Waals surface area contributed by atoms with Gasteiger partial charge in [0, 0.05) is 24.7 Å². The Kier molecular flexibility index (Phi) is 3.71. The van der Waals surface area contributed by atoms with Crippen molar-refractivity contribution in [2.45, 2.75) is 32.2 Å². The summed E-state index contributed by atoms with van der Waals surface area (Å²) in [5, 5.41) is 13.0. The number of aromatic hydroxyl groups is 1. The van der Waals surface area contributed by atoms with E-state index in [1.165, 1.54) is 0 Å². The Morgan fingerprint density at radius 2 is 2.04 bits per heavy atom. The lowest BCUT2D eigenvalue weighted by Crippen LogP contribution is -2.27. The number of benzene rings is 2. The van der Waals surface area contributed by atoms with Crippen LogP contribution in [0.25, 0.3) is 0 Å². The molecule has 128 valence electrons. The number of nitrogens with one attached hydrogen (secondary N) is 1. The molecular formula is C20H20N2O3. The average Bonchev–Trinajstić information content (AvgIpc) is 3.19. The van der Waals surface area contributed by atoms with Gasteiger partial charge in [-0.15, -0.1) is 0 Å². The SMILES string of the molecule is CC(=O)N1CCc2cc(C(=O)N[C@@H]3CCc4c(O)cccc43)ccc21. The van der Waals surface area contributed by atoms with Gasteiger partial charge in [0.15, 0.2) is 0 Å². The maximum atomic E-state index is 12.7. The summed E-state index contributed by atoms with van der Waals surface area (Å²) in [6.07, 6.45) is 2.34. The Balaban J connectivity index is 1.54. The highest BCUT2D eigenvalue weighted by Crippen LogP contribution is 2.36. The summed E-state index contributed by atoms with van der Waals surface area (Å²) in [4.78, 5) is 26.0. The first-order valence-corrected chi connectivity index (χ1v) is 8.57. The number of carbonyl (C=O) groups is 2. The first kappa shape index (κ1) is 15.7. The van der Waals surface area contributed by atoms with Crippen LogP contribution in [0.4, 0.5) is 5.69 Å². The van der Waals surface area contributed by atoms with Gasteiger partial charge in [-0.3, -0.25) is 9.59 Å². The average molecular weight is 336 g/mol. The van der Waals surface area contributed by atoms with Crippen molar-refractivity contribution in [3.63, 3.8) is 0 Å². The highest BCUT2D eigenvalue weighted by atomic mass is 16.3. The topological polar surface area (TPSA) is 69.6 Å². The molecule has 0 saturated heterocycles. The molecule has 1 aliphatic heterocycles. The molecule has 2 aliphatic rings. The Labute approximate surface area is 146 Å². The molecule has 5 nitrogen and oxygen atoms in total. The van der Waals surface area contributed by atoms with Crippen molar-refractivity contribution in [1.82, 2.24) is 5.32 Å². The van der Waals surface area contributed by atoms with Crippen LogP contribution in [0.1, 0.15) is 46.4 Å². The van der Waals surface area contributed by atoms with E-state index in [9.17, 15) is 14.7 Å². The van der Waals surface area contributed by atoms with Crippen LogP contribution >= 0.6 is 0 Å². The first-order chi connectivity index (χ1) is 12.0. The summed E-state index contributed by atoms with van der Waals surface area (Å²) in [7, 11) is 0. The van der Waals surface area contributed by atoms with Gasteiger partial charge in [-0.05, 0) is 60.2 Å². The van der Waals surface area contributed by atoms with E-state index in [0.29, 0.717) is 17.9 Å². The van der Waals surface area contributed by atoms with Crippen LogP contribution in [0.2, 0.25) is 0 Å². The van der Waals surface area contributed by atoms with Gasteiger partial charge in [0.1, 0.15) is 5.75 Å². The van der Waals surface area contributed by atoms with Crippen molar-refractivity contribution in [3.05, 3.63) is 58.7 Å². The molecule has 2 aromatic rings. The van der Waals surface area contributed by atoms with Crippen LogP contribution in [0.5, 0.6) is 5.75 Å². The molecule has 0 bridgehead atoms. The fraction of sp³-hybridized carbons (Fsp3) is 0.300. The fourth-order valence-corrected chi connectivity index (χ4v) is 3.90. The quantitative estimate of drug-likeness (QED) is 0.886. The lowest BCUT2D eigenvalue weighted by atomic mass is 10.1. The number of hydrogen-bond acceptors (Lipinski definition) is 3. The minimum atomic E-state index is -0.120. The summed E-state index contributed by atoms with van der Waals surface area (Å²) in [5.74, 6) is 0.208. The van der Waals surface area contributed by atoms with Gasteiger partial charge in [-0.2, -0.15) is 0 Å². The van der Waals surface area contributed by atoms with E-state index in [1.807, 2.05) is 24.3 Å². The smallest absolute Gasteiger partial charge is 0.251 e. The standard InChI is InChI=1S/C20H20N2O3/c1-12(23)22-10-9-13-11-14(5-8-18(13)22)20(25)21-17-7-6-16-15(17)3-2-4-19(16)24/h2-5,8,11,17,24H,6-7,9-10H2,1H3,(H,21,25)/t17-/m1/s1. The number of fused-ring (bicyclic) bond motifs is 2. The monoisotopic (exact) mass is 336 g/mol. The molecule has 2 aromatic carbocycles. The largest absolute Gasteiger partial charge is 0.508 e. The molecule has 1 atom stereocenters. The van der Waals surface area contributed by atoms with Gasteiger partial charge >= 0.3 is 0 Å². The minimum absolute atomic E-state index is 0.0262. The molecule has 0 saturated carbocycles. The number of amides is 2. The molecule has 2 amide bonds. The summed E-state index contributed by atoms with van der Waals surface area (Å²) in [6.45, 7) is 2.23. The van der Waals surface area contributed by atoms with E-state index in [-0.39, 0.29) is 17.9 Å². The van der Waals surface area contributed by atoms with Gasteiger partial charge in [-0.1, -0.05) is 12.1 Å². The van der Waals surface area contributed by atoms with Crippen LogP contribution in [-0.2, 0) is 17.6 Å². The zero-order chi connectivity index (χ0) is 17.6. The molecule has 25 heavy (non-hydrogen) atoms. The second-order valence-electron chi connectivity index (χ2n) is 6.67. The molecule has 2 N–H and O–H groups in total. The van der Waals surface area contributed by atoms with E-state index in [2.05, 4.69) is 5.32 Å². The summed E-state index contributed by atoms with van der Waals surface area (Å²) in [5.41, 5.74) is 4.47. The van der Waals surface area contributed by atoms with Gasteiger partial charge in [0.05, 0.1) is 6.04 Å². The predicted molar refractivity (Wildman–Crippen MR) is 94.8 cm³/mol. The second kappa shape index (κ2) is 5.92. The normalized spacial score (nSPS) is 18.0. The van der Waals surface area contributed by atoms with Crippen LogP contribution < -0.4 is 10.2 Å². The first-order valence-electron chi connectivity index (χ1n) is 8.57. The molecule has 0 spiro atoms. The highest BCUT2D eigenvalue weighted by molar-refractivity contribution is 5.98. The summed E-state index contributed by atoms with van der Waals surface area (Å²) < 4.78 is 0. The minimum Gasteiger partial charge on any atom is -0.508 e. The molecule has 5 heteroatoms. The third-order valence-electron chi connectivity index (χ3n) is 5.17. The van der Waals surface area contributed by atoms with Crippen molar-refractivity contribution in [2.75, 3.05) is 11.4 Å². The van der Waals surface area contributed by atoms with E-state index < -0.39 is 0 Å². The van der Waals surface area contributed by atoms with Crippen LogP contribution in [0.15, 0.2) is 36.4 Å². The molecule has 0 fully saturated rings. The third kappa shape index (κ3) is 2.65. The number of phenols is 1.